The van der Waals surface area contributed by atoms with Crippen LogP contribution in [0.3, 0.4) is 0 Å². The Labute approximate surface area is 95.3 Å². The molecule has 0 bridgehead atoms. The van der Waals surface area contributed by atoms with E-state index in [-0.39, 0.29) is 11.8 Å². The smallest absolute Gasteiger partial charge is 0.338 e. The van der Waals surface area contributed by atoms with E-state index in [0.29, 0.717) is 0 Å². The highest BCUT2D eigenvalue weighted by Gasteiger charge is 2.13. The molecule has 0 aliphatic heterocycles. The minimum atomic E-state index is -0.618. The second kappa shape index (κ2) is 6.79. The van der Waals surface area contributed by atoms with Crippen LogP contribution in [0.25, 0.3) is 0 Å². The summed E-state index contributed by atoms with van der Waals surface area (Å²) in [6, 6.07) is 0. The number of rotatable bonds is 5. The minimum absolute atomic E-state index is 0.212. The molecule has 0 aliphatic rings. The van der Waals surface area contributed by atoms with Crippen molar-refractivity contribution < 1.29 is 19.1 Å². The molecule has 90 valence electrons. The van der Waals surface area contributed by atoms with E-state index in [0.717, 1.165) is 12.3 Å². The van der Waals surface area contributed by atoms with E-state index >= 15 is 0 Å². The number of carbonyl (C=O) groups is 2. The molecular weight excluding hydrogens is 210 g/mol. The second-order valence-electron chi connectivity index (χ2n) is 3.41. The molecule has 0 spiro atoms. The lowest BCUT2D eigenvalue weighted by Gasteiger charge is -2.19. The first-order chi connectivity index (χ1) is 7.38. The SMILES string of the molecule is C=CC(=O)O/C=C(\C)C(=O)OC(C)N(C)C. The third kappa shape index (κ3) is 5.31. The van der Waals surface area contributed by atoms with Gasteiger partial charge in [0.15, 0.2) is 6.23 Å². The number of carbonyl (C=O) groups excluding carboxylic acids is 2. The van der Waals surface area contributed by atoms with Crippen molar-refractivity contribution in [2.75, 3.05) is 14.1 Å². The van der Waals surface area contributed by atoms with E-state index < -0.39 is 11.9 Å². The molecule has 0 saturated heterocycles. The van der Waals surface area contributed by atoms with Gasteiger partial charge in [-0.25, -0.2) is 9.59 Å². The van der Waals surface area contributed by atoms with E-state index in [2.05, 4.69) is 11.3 Å². The molecule has 1 atom stereocenters. The monoisotopic (exact) mass is 227 g/mol. The Balaban J connectivity index is 4.28. The Morgan fingerprint density at radius 3 is 2.38 bits per heavy atom. The fraction of sp³-hybridized carbons (Fsp3) is 0.455. The van der Waals surface area contributed by atoms with Crippen LogP contribution in [-0.4, -0.2) is 37.2 Å². The Kier molecular flexibility index (Phi) is 6.10. The van der Waals surface area contributed by atoms with Crippen molar-refractivity contribution in [1.29, 1.82) is 0 Å². The summed E-state index contributed by atoms with van der Waals surface area (Å²) in [5, 5.41) is 0. The predicted octanol–water partition coefficient (Wildman–Crippen LogP) is 1.07. The number of esters is 2. The average Bonchev–Trinajstić information content (AvgIpc) is 2.24. The lowest BCUT2D eigenvalue weighted by atomic mass is 10.3. The first-order valence-corrected chi connectivity index (χ1v) is 4.75. The highest BCUT2D eigenvalue weighted by molar-refractivity contribution is 5.88. The van der Waals surface area contributed by atoms with Crippen LogP contribution in [0.1, 0.15) is 13.8 Å². The molecule has 0 saturated carbocycles. The fourth-order valence-corrected chi connectivity index (χ4v) is 0.596. The van der Waals surface area contributed by atoms with Crippen LogP contribution < -0.4 is 0 Å². The van der Waals surface area contributed by atoms with Gasteiger partial charge in [0.25, 0.3) is 0 Å². The van der Waals surface area contributed by atoms with Crippen LogP contribution in [0.5, 0.6) is 0 Å². The van der Waals surface area contributed by atoms with Crippen molar-refractivity contribution in [3.8, 4) is 0 Å². The summed E-state index contributed by atoms with van der Waals surface area (Å²) in [6.45, 7) is 6.47. The molecule has 0 aromatic rings. The van der Waals surface area contributed by atoms with E-state index in [1.54, 1.807) is 25.9 Å². The normalized spacial score (nSPS) is 13.2. The second-order valence-corrected chi connectivity index (χ2v) is 3.41. The van der Waals surface area contributed by atoms with Crippen molar-refractivity contribution >= 4 is 11.9 Å². The minimum Gasteiger partial charge on any atom is -0.443 e. The highest BCUT2D eigenvalue weighted by atomic mass is 16.6. The number of hydrogen-bond donors (Lipinski definition) is 0. The molecule has 0 amide bonds. The van der Waals surface area contributed by atoms with Gasteiger partial charge in [-0.15, -0.1) is 0 Å². The van der Waals surface area contributed by atoms with Gasteiger partial charge >= 0.3 is 11.9 Å². The maximum absolute atomic E-state index is 11.4. The van der Waals surface area contributed by atoms with E-state index in [9.17, 15) is 9.59 Å². The molecule has 0 radical (unpaired) electrons. The van der Waals surface area contributed by atoms with Crippen molar-refractivity contribution in [3.63, 3.8) is 0 Å². The number of hydrogen-bond acceptors (Lipinski definition) is 5. The first-order valence-electron chi connectivity index (χ1n) is 4.75. The molecule has 5 nitrogen and oxygen atoms in total. The first kappa shape index (κ1) is 14.4. The molecule has 0 aromatic heterocycles. The van der Waals surface area contributed by atoms with E-state index in [1.165, 1.54) is 6.92 Å². The molecule has 0 aromatic carbocycles. The van der Waals surface area contributed by atoms with Gasteiger partial charge in [-0.1, -0.05) is 6.58 Å². The van der Waals surface area contributed by atoms with Gasteiger partial charge in [-0.3, -0.25) is 4.90 Å². The van der Waals surface area contributed by atoms with Gasteiger partial charge < -0.3 is 9.47 Å². The van der Waals surface area contributed by atoms with Gasteiger partial charge in [0, 0.05) is 6.08 Å². The van der Waals surface area contributed by atoms with Gasteiger partial charge in [-0.2, -0.15) is 0 Å². The molecule has 16 heavy (non-hydrogen) atoms. The van der Waals surface area contributed by atoms with Crippen LogP contribution in [0, 0.1) is 0 Å². The summed E-state index contributed by atoms with van der Waals surface area (Å²) >= 11 is 0. The standard InChI is InChI=1S/C11H17NO4/c1-6-10(13)15-7-8(2)11(14)16-9(3)12(4)5/h6-7,9H,1H2,2-5H3/b8-7+. The van der Waals surface area contributed by atoms with Gasteiger partial charge in [0.1, 0.15) is 6.26 Å². The lowest BCUT2D eigenvalue weighted by Crippen LogP contribution is -2.30. The highest BCUT2D eigenvalue weighted by Crippen LogP contribution is 2.02. The van der Waals surface area contributed by atoms with Crippen molar-refractivity contribution in [1.82, 2.24) is 4.90 Å². The Morgan fingerprint density at radius 1 is 1.38 bits per heavy atom. The van der Waals surface area contributed by atoms with Crippen LogP contribution >= 0.6 is 0 Å². The molecular formula is C11H17NO4. The summed E-state index contributed by atoms with van der Waals surface area (Å²) in [5.74, 6) is -1.15. The number of ether oxygens (including phenoxy) is 2. The van der Waals surface area contributed by atoms with Crippen LogP contribution in [0.15, 0.2) is 24.5 Å². The summed E-state index contributed by atoms with van der Waals surface area (Å²) in [4.78, 5) is 23.9. The van der Waals surface area contributed by atoms with Crippen molar-refractivity contribution in [3.05, 3.63) is 24.5 Å². The molecule has 0 rings (SSSR count). The van der Waals surface area contributed by atoms with E-state index in [1.807, 2.05) is 0 Å². The van der Waals surface area contributed by atoms with Gasteiger partial charge in [0.2, 0.25) is 0 Å². The van der Waals surface area contributed by atoms with Crippen LogP contribution in [0.4, 0.5) is 0 Å². The summed E-state index contributed by atoms with van der Waals surface area (Å²) in [7, 11) is 3.57. The Morgan fingerprint density at radius 2 is 1.94 bits per heavy atom. The maximum Gasteiger partial charge on any atom is 0.338 e. The van der Waals surface area contributed by atoms with Gasteiger partial charge in [-0.05, 0) is 27.9 Å². The van der Waals surface area contributed by atoms with Crippen molar-refractivity contribution in [2.24, 2.45) is 0 Å². The zero-order valence-electron chi connectivity index (χ0n) is 10.0. The van der Waals surface area contributed by atoms with Crippen molar-refractivity contribution in [2.45, 2.75) is 20.1 Å². The quantitative estimate of drug-likeness (QED) is 0.304. The van der Waals surface area contributed by atoms with E-state index in [4.69, 9.17) is 4.74 Å². The third-order valence-electron chi connectivity index (χ3n) is 1.85. The molecule has 0 heterocycles. The third-order valence-corrected chi connectivity index (χ3v) is 1.85. The maximum atomic E-state index is 11.4. The molecule has 5 heteroatoms. The zero-order valence-corrected chi connectivity index (χ0v) is 10.0. The molecule has 0 fully saturated rings. The zero-order chi connectivity index (χ0) is 12.7. The average molecular weight is 227 g/mol. The fourth-order valence-electron chi connectivity index (χ4n) is 0.596. The topological polar surface area (TPSA) is 55.8 Å². The van der Waals surface area contributed by atoms with Crippen LogP contribution in [0.2, 0.25) is 0 Å². The Bertz CT molecular complexity index is 307. The molecule has 0 aliphatic carbocycles. The summed E-state index contributed by atoms with van der Waals surface area (Å²) in [5.41, 5.74) is 0.212. The Hall–Kier alpha value is -1.62. The largest absolute Gasteiger partial charge is 0.443 e. The predicted molar refractivity (Wildman–Crippen MR) is 59.3 cm³/mol. The molecule has 0 N–H and O–H groups in total. The summed E-state index contributed by atoms with van der Waals surface area (Å²) in [6.07, 6.45) is 1.72. The molecule has 1 unspecified atom stereocenters. The van der Waals surface area contributed by atoms with Crippen LogP contribution in [-0.2, 0) is 19.1 Å². The number of nitrogens with zero attached hydrogens (tertiary/aromatic N) is 1. The van der Waals surface area contributed by atoms with Gasteiger partial charge in [0.05, 0.1) is 5.57 Å². The summed E-state index contributed by atoms with van der Waals surface area (Å²) < 4.78 is 9.62. The lowest BCUT2D eigenvalue weighted by molar-refractivity contribution is -0.150.